The second-order valence-electron chi connectivity index (χ2n) is 5.20. The van der Waals surface area contributed by atoms with Gasteiger partial charge in [-0.2, -0.15) is 0 Å². The summed E-state index contributed by atoms with van der Waals surface area (Å²) in [5, 5.41) is 12.8. The van der Waals surface area contributed by atoms with E-state index in [2.05, 4.69) is 5.32 Å². The van der Waals surface area contributed by atoms with E-state index < -0.39 is 0 Å². The van der Waals surface area contributed by atoms with Gasteiger partial charge in [0.05, 0.1) is 13.2 Å². The second-order valence-corrected chi connectivity index (χ2v) is 5.20. The Bertz CT molecular complexity index is 470. The van der Waals surface area contributed by atoms with Gasteiger partial charge in [0, 0.05) is 13.6 Å². The molecule has 0 unspecified atom stereocenters. The van der Waals surface area contributed by atoms with E-state index in [9.17, 15) is 9.90 Å². The Labute approximate surface area is 119 Å². The average molecular weight is 278 g/mol. The normalized spacial score (nSPS) is 18.6. The maximum atomic E-state index is 12.3. The minimum absolute atomic E-state index is 0.0623. The summed E-state index contributed by atoms with van der Waals surface area (Å²) in [5.41, 5.74) is 0.936. The van der Waals surface area contributed by atoms with E-state index in [0.29, 0.717) is 12.3 Å². The molecule has 0 radical (unpaired) electrons. The van der Waals surface area contributed by atoms with E-state index in [1.54, 1.807) is 30.1 Å². The van der Waals surface area contributed by atoms with Gasteiger partial charge in [-0.1, -0.05) is 12.5 Å². The molecule has 1 aliphatic rings. The zero-order chi connectivity index (χ0) is 14.5. The van der Waals surface area contributed by atoms with Gasteiger partial charge in [0.25, 0.3) is 0 Å². The number of benzene rings is 1. The molecule has 0 aromatic heterocycles. The molecule has 1 amide bonds. The van der Waals surface area contributed by atoms with Crippen molar-refractivity contribution < 1.29 is 14.6 Å². The van der Waals surface area contributed by atoms with Gasteiger partial charge in [-0.05, 0) is 37.1 Å². The van der Waals surface area contributed by atoms with Crippen LogP contribution in [0.5, 0.6) is 11.5 Å². The summed E-state index contributed by atoms with van der Waals surface area (Å²) >= 11 is 0. The Morgan fingerprint density at radius 3 is 2.95 bits per heavy atom. The highest BCUT2D eigenvalue weighted by Gasteiger charge is 2.23. The first-order chi connectivity index (χ1) is 9.61. The van der Waals surface area contributed by atoms with Crippen molar-refractivity contribution in [3.05, 3.63) is 23.8 Å². The smallest absolute Gasteiger partial charge is 0.239 e. The maximum absolute atomic E-state index is 12.3. The zero-order valence-corrected chi connectivity index (χ0v) is 12.1. The summed E-state index contributed by atoms with van der Waals surface area (Å²) in [7, 11) is 3.32. The molecule has 0 saturated carbocycles. The van der Waals surface area contributed by atoms with Crippen LogP contribution < -0.4 is 10.1 Å². The molecule has 1 atom stereocenters. The summed E-state index contributed by atoms with van der Waals surface area (Å²) in [4.78, 5) is 14.0. The molecule has 0 spiro atoms. The number of carbonyl (C=O) groups excluding carboxylic acids is 1. The molecule has 1 aromatic rings. The van der Waals surface area contributed by atoms with E-state index in [1.165, 1.54) is 7.11 Å². The predicted octanol–water partition coefficient (Wildman–Crippen LogP) is 1.50. The van der Waals surface area contributed by atoms with Crippen LogP contribution in [0, 0.1) is 0 Å². The Balaban J connectivity index is 1.99. The van der Waals surface area contributed by atoms with Crippen LogP contribution >= 0.6 is 0 Å². The van der Waals surface area contributed by atoms with Crippen molar-refractivity contribution in [2.24, 2.45) is 0 Å². The van der Waals surface area contributed by atoms with Crippen LogP contribution in [0.4, 0.5) is 0 Å². The number of nitrogens with zero attached hydrogens (tertiary/aromatic N) is 1. The molecule has 2 rings (SSSR count). The zero-order valence-electron chi connectivity index (χ0n) is 12.1. The molecule has 1 heterocycles. The molecule has 110 valence electrons. The predicted molar refractivity (Wildman–Crippen MR) is 76.8 cm³/mol. The lowest BCUT2D eigenvalue weighted by molar-refractivity contribution is -0.133. The minimum atomic E-state index is -0.0623. The number of methoxy groups -OCH3 is 1. The number of ether oxygens (including phenoxy) is 1. The third-order valence-electron chi connectivity index (χ3n) is 3.65. The number of nitrogens with one attached hydrogen (secondary N) is 1. The molecule has 1 aromatic carbocycles. The van der Waals surface area contributed by atoms with Crippen LogP contribution in [0.15, 0.2) is 18.2 Å². The van der Waals surface area contributed by atoms with Crippen molar-refractivity contribution in [2.45, 2.75) is 31.8 Å². The van der Waals surface area contributed by atoms with Gasteiger partial charge in [0.15, 0.2) is 11.5 Å². The minimum Gasteiger partial charge on any atom is -0.504 e. The number of hydrogen-bond acceptors (Lipinski definition) is 4. The van der Waals surface area contributed by atoms with Gasteiger partial charge < -0.3 is 20.1 Å². The summed E-state index contributed by atoms with van der Waals surface area (Å²) < 4.78 is 5.08. The van der Waals surface area contributed by atoms with Crippen molar-refractivity contribution in [3.63, 3.8) is 0 Å². The average Bonchev–Trinajstić information content (AvgIpc) is 2.49. The third kappa shape index (κ3) is 3.42. The number of phenolic OH excluding ortho intramolecular Hbond substituents is 1. The largest absolute Gasteiger partial charge is 0.504 e. The second kappa shape index (κ2) is 6.61. The van der Waals surface area contributed by atoms with E-state index >= 15 is 0 Å². The Morgan fingerprint density at radius 2 is 2.30 bits per heavy atom. The number of phenols is 1. The number of likely N-dealkylation sites (N-methyl/N-ethyl adjacent to an activating group) is 1. The number of piperidine rings is 1. The fraction of sp³-hybridized carbons (Fsp3) is 0.533. The first-order valence-corrected chi connectivity index (χ1v) is 6.96. The van der Waals surface area contributed by atoms with Gasteiger partial charge >= 0.3 is 0 Å². The van der Waals surface area contributed by atoms with Gasteiger partial charge in [0.2, 0.25) is 5.91 Å². The molecular formula is C15H22N2O3. The van der Waals surface area contributed by atoms with E-state index in [0.717, 1.165) is 31.4 Å². The fourth-order valence-corrected chi connectivity index (χ4v) is 2.50. The third-order valence-corrected chi connectivity index (χ3v) is 3.65. The maximum Gasteiger partial charge on any atom is 0.239 e. The number of carbonyl (C=O) groups is 1. The van der Waals surface area contributed by atoms with Crippen molar-refractivity contribution >= 4 is 5.91 Å². The van der Waals surface area contributed by atoms with Crippen molar-refractivity contribution in [3.8, 4) is 11.5 Å². The highest BCUT2D eigenvalue weighted by atomic mass is 16.5. The number of rotatable bonds is 4. The lowest BCUT2D eigenvalue weighted by Crippen LogP contribution is -2.46. The summed E-state index contributed by atoms with van der Waals surface area (Å²) in [5.74, 6) is 0.662. The molecule has 1 aliphatic heterocycles. The fourth-order valence-electron chi connectivity index (χ4n) is 2.50. The van der Waals surface area contributed by atoms with Gasteiger partial charge in [-0.3, -0.25) is 4.79 Å². The van der Waals surface area contributed by atoms with Gasteiger partial charge in [-0.15, -0.1) is 0 Å². The number of hydrogen-bond donors (Lipinski definition) is 2. The standard InChI is InChI=1S/C15H22N2O3/c1-17(15(19)12-5-3-4-8-16-12)10-11-6-7-13(18)14(9-11)20-2/h6-7,9,12,16,18H,3-5,8,10H2,1-2H3/t12-/m0/s1. The van der Waals surface area contributed by atoms with Crippen LogP contribution in [0.2, 0.25) is 0 Å². The molecular weight excluding hydrogens is 256 g/mol. The van der Waals surface area contributed by atoms with Crippen LogP contribution in [-0.4, -0.2) is 42.7 Å². The Hall–Kier alpha value is -1.75. The van der Waals surface area contributed by atoms with Crippen LogP contribution in [0.25, 0.3) is 0 Å². The summed E-state index contributed by atoms with van der Waals surface area (Å²) in [6.07, 6.45) is 3.15. The highest BCUT2D eigenvalue weighted by molar-refractivity contribution is 5.81. The van der Waals surface area contributed by atoms with E-state index in [4.69, 9.17) is 4.74 Å². The molecule has 1 fully saturated rings. The number of aromatic hydroxyl groups is 1. The number of amides is 1. The molecule has 0 aliphatic carbocycles. The molecule has 1 saturated heterocycles. The van der Waals surface area contributed by atoms with Crippen molar-refractivity contribution in [1.29, 1.82) is 0 Å². The Morgan fingerprint density at radius 1 is 1.50 bits per heavy atom. The van der Waals surface area contributed by atoms with Gasteiger partial charge in [-0.25, -0.2) is 0 Å². The van der Waals surface area contributed by atoms with Crippen LogP contribution in [0.3, 0.4) is 0 Å². The van der Waals surface area contributed by atoms with Gasteiger partial charge in [0.1, 0.15) is 0 Å². The molecule has 2 N–H and O–H groups in total. The quantitative estimate of drug-likeness (QED) is 0.876. The van der Waals surface area contributed by atoms with Crippen molar-refractivity contribution in [2.75, 3.05) is 20.7 Å². The molecule has 5 nitrogen and oxygen atoms in total. The lowest BCUT2D eigenvalue weighted by atomic mass is 10.0. The van der Waals surface area contributed by atoms with Crippen LogP contribution in [0.1, 0.15) is 24.8 Å². The van der Waals surface area contributed by atoms with E-state index in [1.807, 2.05) is 0 Å². The van der Waals surface area contributed by atoms with Crippen molar-refractivity contribution in [1.82, 2.24) is 10.2 Å². The monoisotopic (exact) mass is 278 g/mol. The molecule has 0 bridgehead atoms. The molecule has 20 heavy (non-hydrogen) atoms. The van der Waals surface area contributed by atoms with Crippen LogP contribution in [-0.2, 0) is 11.3 Å². The first-order valence-electron chi connectivity index (χ1n) is 6.96. The summed E-state index contributed by atoms with van der Waals surface area (Å²) in [6, 6.07) is 5.09. The summed E-state index contributed by atoms with van der Waals surface area (Å²) in [6.45, 7) is 1.42. The van der Waals surface area contributed by atoms with E-state index in [-0.39, 0.29) is 17.7 Å². The highest BCUT2D eigenvalue weighted by Crippen LogP contribution is 2.26. The lowest BCUT2D eigenvalue weighted by Gasteiger charge is -2.27. The Kier molecular flexibility index (Phi) is 4.84. The first kappa shape index (κ1) is 14.7. The topological polar surface area (TPSA) is 61.8 Å². The SMILES string of the molecule is COc1cc(CN(C)C(=O)[C@@H]2CCCCN2)ccc1O. The molecule has 5 heteroatoms.